The van der Waals surface area contributed by atoms with Crippen LogP contribution in [0.3, 0.4) is 0 Å². The summed E-state index contributed by atoms with van der Waals surface area (Å²) in [4.78, 5) is 0. The molecule has 0 aromatic heterocycles. The topological polar surface area (TPSA) is 32.3 Å². The van der Waals surface area contributed by atoms with Crippen molar-refractivity contribution in [3.63, 3.8) is 0 Å². The zero-order valence-electron chi connectivity index (χ0n) is 7.91. The Bertz CT molecular complexity index is 293. The van der Waals surface area contributed by atoms with Crippen LogP contribution in [0.5, 0.6) is 5.75 Å². The fraction of sp³-hybridized carbons (Fsp3) is 0.455. The van der Waals surface area contributed by atoms with E-state index in [0.29, 0.717) is 5.56 Å². The van der Waals surface area contributed by atoms with E-state index in [9.17, 15) is 4.39 Å². The SMILES string of the molecule is Oc1ccc(C(F)C2CCCN2)cc1. The van der Waals surface area contributed by atoms with Crippen LogP contribution in [0.2, 0.25) is 0 Å². The van der Waals surface area contributed by atoms with Crippen molar-refractivity contribution in [2.24, 2.45) is 0 Å². The van der Waals surface area contributed by atoms with Gasteiger partial charge in [-0.2, -0.15) is 0 Å². The maximum absolute atomic E-state index is 13.8. The molecule has 0 radical (unpaired) electrons. The molecule has 2 unspecified atom stereocenters. The summed E-state index contributed by atoms with van der Waals surface area (Å²) < 4.78 is 13.8. The van der Waals surface area contributed by atoms with Crippen LogP contribution in [0.25, 0.3) is 0 Å². The first-order valence-electron chi connectivity index (χ1n) is 4.94. The largest absolute Gasteiger partial charge is 0.508 e. The lowest BCUT2D eigenvalue weighted by Gasteiger charge is -2.16. The highest BCUT2D eigenvalue weighted by Gasteiger charge is 2.25. The Balaban J connectivity index is 2.09. The summed E-state index contributed by atoms with van der Waals surface area (Å²) in [6.07, 6.45) is 0.976. The smallest absolute Gasteiger partial charge is 0.140 e. The van der Waals surface area contributed by atoms with Crippen LogP contribution < -0.4 is 5.32 Å². The molecule has 0 aliphatic carbocycles. The van der Waals surface area contributed by atoms with Gasteiger partial charge in [0.15, 0.2) is 0 Å². The molecule has 2 rings (SSSR count). The third-order valence-corrected chi connectivity index (χ3v) is 2.66. The molecule has 0 spiro atoms. The first-order chi connectivity index (χ1) is 6.77. The number of hydrogen-bond acceptors (Lipinski definition) is 2. The van der Waals surface area contributed by atoms with Gasteiger partial charge in [0.1, 0.15) is 11.9 Å². The predicted octanol–water partition coefficient (Wildman–Crippen LogP) is 2.15. The molecule has 2 nitrogen and oxygen atoms in total. The second-order valence-corrected chi connectivity index (χ2v) is 3.70. The Morgan fingerprint density at radius 2 is 2.07 bits per heavy atom. The molecule has 1 aliphatic heterocycles. The van der Waals surface area contributed by atoms with Gasteiger partial charge in [-0.05, 0) is 37.1 Å². The van der Waals surface area contributed by atoms with Crippen LogP contribution in [-0.4, -0.2) is 17.7 Å². The van der Waals surface area contributed by atoms with Gasteiger partial charge in [0.2, 0.25) is 0 Å². The third kappa shape index (κ3) is 1.87. The molecule has 0 amide bonds. The van der Waals surface area contributed by atoms with E-state index in [-0.39, 0.29) is 11.8 Å². The fourth-order valence-corrected chi connectivity index (χ4v) is 1.85. The summed E-state index contributed by atoms with van der Waals surface area (Å²) in [6.45, 7) is 0.906. The van der Waals surface area contributed by atoms with E-state index in [1.54, 1.807) is 12.1 Å². The fourth-order valence-electron chi connectivity index (χ4n) is 1.85. The molecule has 0 bridgehead atoms. The van der Waals surface area contributed by atoms with Crippen molar-refractivity contribution in [2.75, 3.05) is 6.54 Å². The predicted molar refractivity (Wildman–Crippen MR) is 53.0 cm³/mol. The summed E-state index contributed by atoms with van der Waals surface area (Å²) in [6, 6.07) is 6.27. The molecular weight excluding hydrogens is 181 g/mol. The van der Waals surface area contributed by atoms with Crippen molar-refractivity contribution in [3.8, 4) is 5.75 Å². The zero-order valence-corrected chi connectivity index (χ0v) is 7.91. The maximum Gasteiger partial charge on any atom is 0.140 e. The molecule has 1 heterocycles. The van der Waals surface area contributed by atoms with Gasteiger partial charge in [-0.25, -0.2) is 4.39 Å². The second kappa shape index (κ2) is 3.96. The van der Waals surface area contributed by atoms with E-state index in [0.717, 1.165) is 19.4 Å². The van der Waals surface area contributed by atoms with Gasteiger partial charge in [-0.3, -0.25) is 0 Å². The lowest BCUT2D eigenvalue weighted by molar-refractivity contribution is 0.271. The average molecular weight is 195 g/mol. The zero-order chi connectivity index (χ0) is 9.97. The van der Waals surface area contributed by atoms with Crippen molar-refractivity contribution < 1.29 is 9.50 Å². The highest BCUT2D eigenvalue weighted by Crippen LogP contribution is 2.27. The summed E-state index contributed by atoms with van der Waals surface area (Å²) in [5.41, 5.74) is 0.641. The molecule has 1 fully saturated rings. The maximum atomic E-state index is 13.8. The Morgan fingerprint density at radius 1 is 1.36 bits per heavy atom. The van der Waals surface area contributed by atoms with Crippen molar-refractivity contribution in [3.05, 3.63) is 29.8 Å². The van der Waals surface area contributed by atoms with Gasteiger partial charge >= 0.3 is 0 Å². The normalized spacial score (nSPS) is 23.6. The lowest BCUT2D eigenvalue weighted by Crippen LogP contribution is -2.26. The van der Waals surface area contributed by atoms with Gasteiger partial charge < -0.3 is 10.4 Å². The highest BCUT2D eigenvalue weighted by atomic mass is 19.1. The van der Waals surface area contributed by atoms with Crippen LogP contribution in [0.15, 0.2) is 24.3 Å². The number of phenols is 1. The number of hydrogen-bond donors (Lipinski definition) is 2. The Morgan fingerprint density at radius 3 is 2.64 bits per heavy atom. The van der Waals surface area contributed by atoms with Crippen LogP contribution in [0, 0.1) is 0 Å². The van der Waals surface area contributed by atoms with Crippen molar-refractivity contribution in [1.82, 2.24) is 5.32 Å². The van der Waals surface area contributed by atoms with E-state index in [4.69, 9.17) is 5.11 Å². The molecule has 2 N–H and O–H groups in total. The Hall–Kier alpha value is -1.09. The molecule has 14 heavy (non-hydrogen) atoms. The average Bonchev–Trinajstić information content (AvgIpc) is 2.71. The van der Waals surface area contributed by atoms with Crippen LogP contribution in [0.4, 0.5) is 4.39 Å². The summed E-state index contributed by atoms with van der Waals surface area (Å²) >= 11 is 0. The number of aromatic hydroxyl groups is 1. The number of alkyl halides is 1. The minimum absolute atomic E-state index is 0.0560. The minimum atomic E-state index is -0.960. The number of nitrogens with one attached hydrogen (secondary N) is 1. The Kier molecular flexibility index (Phi) is 2.68. The molecule has 0 saturated carbocycles. The molecule has 2 atom stereocenters. The molecule has 1 aliphatic rings. The van der Waals surface area contributed by atoms with Crippen molar-refractivity contribution in [2.45, 2.75) is 25.1 Å². The van der Waals surface area contributed by atoms with Crippen molar-refractivity contribution in [1.29, 1.82) is 0 Å². The van der Waals surface area contributed by atoms with E-state index in [1.807, 2.05) is 0 Å². The molecule has 1 aromatic carbocycles. The first kappa shape index (κ1) is 9.46. The number of halogens is 1. The summed E-state index contributed by atoms with van der Waals surface area (Å²) in [7, 11) is 0. The first-order valence-corrected chi connectivity index (χ1v) is 4.94. The number of rotatable bonds is 2. The number of phenolic OH excluding ortho intramolecular Hbond substituents is 1. The van der Waals surface area contributed by atoms with Gasteiger partial charge in [0, 0.05) is 6.04 Å². The molecule has 3 heteroatoms. The molecule has 76 valence electrons. The van der Waals surface area contributed by atoms with Crippen LogP contribution >= 0.6 is 0 Å². The third-order valence-electron chi connectivity index (χ3n) is 2.66. The Labute approximate surface area is 82.8 Å². The molecule has 1 saturated heterocycles. The van der Waals surface area contributed by atoms with Crippen LogP contribution in [-0.2, 0) is 0 Å². The van der Waals surface area contributed by atoms with E-state index in [1.165, 1.54) is 12.1 Å². The standard InChI is InChI=1S/C11H14FNO/c12-11(10-2-1-7-13-10)8-3-5-9(14)6-4-8/h3-6,10-11,13-14H,1-2,7H2. The minimum Gasteiger partial charge on any atom is -0.508 e. The quantitative estimate of drug-likeness (QED) is 0.757. The highest BCUT2D eigenvalue weighted by molar-refractivity contribution is 5.28. The molecule has 1 aromatic rings. The second-order valence-electron chi connectivity index (χ2n) is 3.70. The van der Waals surface area contributed by atoms with Gasteiger partial charge in [-0.15, -0.1) is 0 Å². The number of benzene rings is 1. The van der Waals surface area contributed by atoms with Gasteiger partial charge in [0.05, 0.1) is 0 Å². The molecular formula is C11H14FNO. The van der Waals surface area contributed by atoms with E-state index >= 15 is 0 Å². The lowest BCUT2D eigenvalue weighted by atomic mass is 10.0. The van der Waals surface area contributed by atoms with E-state index < -0.39 is 6.17 Å². The van der Waals surface area contributed by atoms with E-state index in [2.05, 4.69) is 5.32 Å². The summed E-state index contributed by atoms with van der Waals surface area (Å²) in [5, 5.41) is 12.2. The van der Waals surface area contributed by atoms with Gasteiger partial charge in [0.25, 0.3) is 0 Å². The summed E-state index contributed by atoms with van der Waals surface area (Å²) in [5.74, 6) is 0.181. The monoisotopic (exact) mass is 195 g/mol. The van der Waals surface area contributed by atoms with Crippen molar-refractivity contribution >= 4 is 0 Å². The van der Waals surface area contributed by atoms with Crippen LogP contribution in [0.1, 0.15) is 24.6 Å². The van der Waals surface area contributed by atoms with Gasteiger partial charge in [-0.1, -0.05) is 12.1 Å².